The summed E-state index contributed by atoms with van der Waals surface area (Å²) in [6, 6.07) is 0. The van der Waals surface area contributed by atoms with Crippen molar-refractivity contribution in [2.45, 2.75) is 13.8 Å². The maximum absolute atomic E-state index is 9.72. The van der Waals surface area contributed by atoms with Crippen molar-refractivity contribution in [3.8, 4) is 0 Å². The smallest absolute Gasteiger partial charge is 0.228 e. The van der Waals surface area contributed by atoms with E-state index < -0.39 is 0 Å². The Morgan fingerprint density at radius 1 is 1.71 bits per heavy atom. The van der Waals surface area contributed by atoms with Gasteiger partial charge in [0.2, 0.25) is 6.29 Å². The first-order valence-electron chi connectivity index (χ1n) is 2.25. The normalized spacial score (nSPS) is 9.00. The standard InChI is InChI=1S/C6H9O/c1-5(2)6(3)4-7/h5H,3H2,1-2H3. The fourth-order valence-electron chi connectivity index (χ4n) is 0.118. The van der Waals surface area contributed by atoms with Crippen LogP contribution >= 0.6 is 0 Å². The molecule has 1 heteroatoms. The highest BCUT2D eigenvalue weighted by molar-refractivity contribution is 5.73. The molecule has 0 bridgehead atoms. The summed E-state index contributed by atoms with van der Waals surface area (Å²) in [6.45, 7) is 7.27. The van der Waals surface area contributed by atoms with Gasteiger partial charge in [-0.15, -0.1) is 0 Å². The Bertz CT molecular complexity index is 82.2. The molecule has 7 heavy (non-hydrogen) atoms. The van der Waals surface area contributed by atoms with Gasteiger partial charge in [0, 0.05) is 0 Å². The highest BCUT2D eigenvalue weighted by atomic mass is 16.1. The molecular weight excluding hydrogens is 88.1 g/mol. The zero-order chi connectivity index (χ0) is 5.86. The van der Waals surface area contributed by atoms with E-state index in [1.54, 1.807) is 6.29 Å². The van der Waals surface area contributed by atoms with Gasteiger partial charge in [0.15, 0.2) is 0 Å². The molecule has 0 N–H and O–H groups in total. The molecule has 39 valence electrons. The summed E-state index contributed by atoms with van der Waals surface area (Å²) < 4.78 is 0. The molecular formula is C6H9O. The molecule has 0 unspecified atom stereocenters. The zero-order valence-corrected chi connectivity index (χ0v) is 4.69. The van der Waals surface area contributed by atoms with Crippen molar-refractivity contribution in [3.63, 3.8) is 0 Å². The molecule has 0 rings (SSSR count). The molecule has 0 fully saturated rings. The Kier molecular flexibility index (Phi) is 2.34. The molecule has 0 atom stereocenters. The fraction of sp³-hybridized carbons (Fsp3) is 0.500. The van der Waals surface area contributed by atoms with Crippen LogP contribution in [0.25, 0.3) is 0 Å². The van der Waals surface area contributed by atoms with Gasteiger partial charge >= 0.3 is 0 Å². The SMILES string of the molecule is C=C([C]=O)C(C)C. The van der Waals surface area contributed by atoms with Crippen LogP contribution in [0.1, 0.15) is 13.8 Å². The molecule has 0 aromatic rings. The predicted octanol–water partition coefficient (Wildman–Crippen LogP) is 1.31. The monoisotopic (exact) mass is 97.1 g/mol. The van der Waals surface area contributed by atoms with E-state index in [-0.39, 0.29) is 5.92 Å². The van der Waals surface area contributed by atoms with E-state index in [0.717, 1.165) is 0 Å². The molecule has 0 saturated heterocycles. The van der Waals surface area contributed by atoms with Crippen LogP contribution in [0.15, 0.2) is 12.2 Å². The van der Waals surface area contributed by atoms with Crippen molar-refractivity contribution >= 4 is 6.29 Å². The lowest BCUT2D eigenvalue weighted by molar-refractivity contribution is 0.556. The lowest BCUT2D eigenvalue weighted by atomic mass is 10.1. The van der Waals surface area contributed by atoms with Crippen LogP contribution < -0.4 is 0 Å². The Hall–Kier alpha value is -0.590. The van der Waals surface area contributed by atoms with Crippen molar-refractivity contribution in [1.29, 1.82) is 0 Å². The first-order valence-corrected chi connectivity index (χ1v) is 2.25. The van der Waals surface area contributed by atoms with Crippen molar-refractivity contribution in [1.82, 2.24) is 0 Å². The number of allylic oxidation sites excluding steroid dienone is 1. The third-order valence-electron chi connectivity index (χ3n) is 0.828. The molecule has 0 aliphatic carbocycles. The van der Waals surface area contributed by atoms with E-state index in [0.29, 0.717) is 5.57 Å². The first kappa shape index (κ1) is 6.41. The van der Waals surface area contributed by atoms with Crippen LogP contribution in [-0.4, -0.2) is 6.29 Å². The van der Waals surface area contributed by atoms with E-state index in [1.807, 2.05) is 13.8 Å². The van der Waals surface area contributed by atoms with Gasteiger partial charge in [-0.05, 0) is 11.5 Å². The molecule has 0 amide bonds. The summed E-state index contributed by atoms with van der Waals surface area (Å²) >= 11 is 0. The van der Waals surface area contributed by atoms with E-state index in [2.05, 4.69) is 6.58 Å². The Morgan fingerprint density at radius 3 is 2.14 bits per heavy atom. The molecule has 0 saturated carbocycles. The van der Waals surface area contributed by atoms with Gasteiger partial charge in [0.05, 0.1) is 0 Å². The molecule has 0 aromatic carbocycles. The minimum Gasteiger partial charge on any atom is -0.285 e. The van der Waals surface area contributed by atoms with Gasteiger partial charge < -0.3 is 0 Å². The van der Waals surface area contributed by atoms with Crippen molar-refractivity contribution in [2.75, 3.05) is 0 Å². The van der Waals surface area contributed by atoms with Crippen LogP contribution in [0.5, 0.6) is 0 Å². The minimum atomic E-state index is 0.248. The first-order chi connectivity index (χ1) is 3.18. The molecule has 0 spiro atoms. The second kappa shape index (κ2) is 2.56. The minimum absolute atomic E-state index is 0.248. The van der Waals surface area contributed by atoms with Crippen LogP contribution in [0.4, 0.5) is 0 Å². The molecule has 0 heterocycles. The second-order valence-electron chi connectivity index (χ2n) is 1.78. The topological polar surface area (TPSA) is 17.1 Å². The number of hydrogen-bond donors (Lipinski definition) is 0. The Balaban J connectivity index is 3.56. The van der Waals surface area contributed by atoms with E-state index in [4.69, 9.17) is 0 Å². The maximum atomic E-state index is 9.72. The summed E-state index contributed by atoms with van der Waals surface area (Å²) in [4.78, 5) is 9.72. The van der Waals surface area contributed by atoms with Crippen LogP contribution in [0.3, 0.4) is 0 Å². The average Bonchev–Trinajstić information content (AvgIpc) is 1.65. The third-order valence-corrected chi connectivity index (χ3v) is 0.828. The predicted molar refractivity (Wildman–Crippen MR) is 29.7 cm³/mol. The molecule has 1 radical (unpaired) electrons. The van der Waals surface area contributed by atoms with Crippen molar-refractivity contribution < 1.29 is 4.79 Å². The highest BCUT2D eigenvalue weighted by Crippen LogP contribution is 2.00. The average molecular weight is 97.1 g/mol. The van der Waals surface area contributed by atoms with E-state index >= 15 is 0 Å². The summed E-state index contributed by atoms with van der Waals surface area (Å²) in [6.07, 6.45) is 1.72. The quantitative estimate of drug-likeness (QED) is 0.475. The van der Waals surface area contributed by atoms with Gasteiger partial charge in [-0.25, -0.2) is 0 Å². The van der Waals surface area contributed by atoms with Crippen LogP contribution in [0.2, 0.25) is 0 Å². The summed E-state index contributed by atoms with van der Waals surface area (Å²) in [7, 11) is 0. The Labute approximate surface area is 44.0 Å². The van der Waals surface area contributed by atoms with Crippen molar-refractivity contribution in [3.05, 3.63) is 12.2 Å². The highest BCUT2D eigenvalue weighted by Gasteiger charge is 1.95. The molecule has 1 nitrogen and oxygen atoms in total. The van der Waals surface area contributed by atoms with Gasteiger partial charge in [-0.1, -0.05) is 20.4 Å². The number of carbonyl (C=O) groups excluding carboxylic acids is 1. The number of hydrogen-bond acceptors (Lipinski definition) is 1. The van der Waals surface area contributed by atoms with Crippen molar-refractivity contribution in [2.24, 2.45) is 5.92 Å². The lowest BCUT2D eigenvalue weighted by Crippen LogP contribution is -1.90. The number of rotatable bonds is 2. The summed E-state index contributed by atoms with van der Waals surface area (Å²) in [5.74, 6) is 0.248. The maximum Gasteiger partial charge on any atom is 0.228 e. The van der Waals surface area contributed by atoms with E-state index in [1.165, 1.54) is 0 Å². The Morgan fingerprint density at radius 2 is 2.14 bits per heavy atom. The molecule has 0 aromatic heterocycles. The molecule has 0 aliphatic rings. The van der Waals surface area contributed by atoms with Gasteiger partial charge in [0.25, 0.3) is 0 Å². The lowest BCUT2D eigenvalue weighted by Gasteiger charge is -1.95. The third kappa shape index (κ3) is 2.15. The largest absolute Gasteiger partial charge is 0.285 e. The molecule has 0 aliphatic heterocycles. The van der Waals surface area contributed by atoms with E-state index in [9.17, 15) is 4.79 Å². The van der Waals surface area contributed by atoms with Crippen LogP contribution in [0, 0.1) is 5.92 Å². The summed E-state index contributed by atoms with van der Waals surface area (Å²) in [5.41, 5.74) is 0.542. The second-order valence-corrected chi connectivity index (χ2v) is 1.78. The summed E-state index contributed by atoms with van der Waals surface area (Å²) in [5, 5.41) is 0. The fourth-order valence-corrected chi connectivity index (χ4v) is 0.118. The van der Waals surface area contributed by atoms with Crippen LogP contribution in [-0.2, 0) is 4.79 Å². The van der Waals surface area contributed by atoms with Gasteiger partial charge in [-0.2, -0.15) is 0 Å². The van der Waals surface area contributed by atoms with Gasteiger partial charge in [-0.3, -0.25) is 4.79 Å². The van der Waals surface area contributed by atoms with Gasteiger partial charge in [0.1, 0.15) is 0 Å². The zero-order valence-electron chi connectivity index (χ0n) is 4.69.